The van der Waals surface area contributed by atoms with Crippen molar-refractivity contribution in [2.45, 2.75) is 37.3 Å². The molecule has 1 aliphatic carbocycles. The molecule has 3 rings (SSSR count). The summed E-state index contributed by atoms with van der Waals surface area (Å²) in [5.74, 6) is 0.265. The number of amides is 1. The van der Waals surface area contributed by atoms with Crippen LogP contribution in [0.4, 0.5) is 0 Å². The number of hydrogen-bond acceptors (Lipinski definition) is 5. The van der Waals surface area contributed by atoms with Gasteiger partial charge in [-0.3, -0.25) is 4.79 Å². The topological polar surface area (TPSA) is 76.1 Å². The minimum atomic E-state index is -0.142. The molecule has 2 heterocycles. The summed E-state index contributed by atoms with van der Waals surface area (Å²) < 4.78 is 5.02. The van der Waals surface area contributed by atoms with Gasteiger partial charge in [0.15, 0.2) is 0 Å². The molecule has 0 bridgehead atoms. The number of hydrogen-bond donors (Lipinski definition) is 2. The average molecular weight is 262 g/mol. The maximum atomic E-state index is 12.3. The van der Waals surface area contributed by atoms with E-state index in [1.807, 2.05) is 0 Å². The number of carbonyl (C=O) groups excluding carboxylic acids is 1. The number of nitrogens with zero attached hydrogens (tertiary/aromatic N) is 2. The normalized spacial score (nSPS) is 29.0. The third kappa shape index (κ3) is 2.16. The molecule has 1 aromatic rings. The van der Waals surface area contributed by atoms with Crippen LogP contribution in [-0.2, 0) is 0 Å². The summed E-state index contributed by atoms with van der Waals surface area (Å²) in [6.45, 7) is 0.970. The monoisotopic (exact) mass is 262 g/mol. The van der Waals surface area contributed by atoms with E-state index < -0.39 is 0 Å². The van der Waals surface area contributed by atoms with Crippen LogP contribution >= 0.6 is 0 Å². The quantitative estimate of drug-likeness (QED) is 0.829. The molecule has 6 nitrogen and oxygen atoms in total. The number of rotatable bonds is 3. The molecule has 2 aliphatic rings. The highest BCUT2D eigenvalue weighted by Gasteiger charge is 2.47. The van der Waals surface area contributed by atoms with Crippen molar-refractivity contribution in [1.82, 2.24) is 20.6 Å². The second-order valence-electron chi connectivity index (χ2n) is 5.20. The number of methoxy groups -OCH3 is 1. The van der Waals surface area contributed by atoms with Crippen LogP contribution < -0.4 is 15.4 Å². The van der Waals surface area contributed by atoms with Gasteiger partial charge in [0.05, 0.1) is 12.6 Å². The van der Waals surface area contributed by atoms with Crippen LogP contribution in [0.25, 0.3) is 0 Å². The minimum Gasteiger partial charge on any atom is -0.481 e. The van der Waals surface area contributed by atoms with E-state index in [1.54, 1.807) is 6.07 Å². The molecule has 1 aromatic heterocycles. The maximum absolute atomic E-state index is 12.3. The summed E-state index contributed by atoms with van der Waals surface area (Å²) >= 11 is 0. The Hall–Kier alpha value is -1.69. The van der Waals surface area contributed by atoms with E-state index in [-0.39, 0.29) is 11.4 Å². The SMILES string of the molecule is COc1cc(C(=O)NC23CCCC2NCC3)ncn1. The molecule has 0 spiro atoms. The van der Waals surface area contributed by atoms with Crippen molar-refractivity contribution in [3.63, 3.8) is 0 Å². The Labute approximate surface area is 112 Å². The van der Waals surface area contributed by atoms with Crippen LogP contribution in [0.15, 0.2) is 12.4 Å². The van der Waals surface area contributed by atoms with Gasteiger partial charge in [0.25, 0.3) is 5.91 Å². The van der Waals surface area contributed by atoms with Crippen molar-refractivity contribution < 1.29 is 9.53 Å². The zero-order valence-corrected chi connectivity index (χ0v) is 11.0. The fourth-order valence-electron chi connectivity index (χ4n) is 3.22. The lowest BCUT2D eigenvalue weighted by Gasteiger charge is -2.29. The molecule has 0 radical (unpaired) electrons. The van der Waals surface area contributed by atoms with Crippen LogP contribution in [0.3, 0.4) is 0 Å². The van der Waals surface area contributed by atoms with E-state index in [2.05, 4.69) is 20.6 Å². The molecule has 1 saturated carbocycles. The molecule has 102 valence electrons. The Morgan fingerprint density at radius 1 is 1.53 bits per heavy atom. The van der Waals surface area contributed by atoms with E-state index in [0.717, 1.165) is 32.2 Å². The molecule has 1 saturated heterocycles. The van der Waals surface area contributed by atoms with Gasteiger partial charge in [-0.15, -0.1) is 0 Å². The third-order valence-corrected chi connectivity index (χ3v) is 4.19. The minimum absolute atomic E-state index is 0.0880. The highest BCUT2D eigenvalue weighted by Crippen LogP contribution is 2.36. The second kappa shape index (κ2) is 4.77. The Balaban J connectivity index is 1.77. The molecular formula is C13H18N4O2. The molecular weight excluding hydrogens is 244 g/mol. The molecule has 1 amide bonds. The lowest BCUT2D eigenvalue weighted by molar-refractivity contribution is 0.0892. The maximum Gasteiger partial charge on any atom is 0.270 e. The van der Waals surface area contributed by atoms with E-state index in [4.69, 9.17) is 4.74 Å². The molecule has 2 N–H and O–H groups in total. The zero-order valence-electron chi connectivity index (χ0n) is 11.0. The summed E-state index contributed by atoms with van der Waals surface area (Å²) in [6, 6.07) is 1.97. The number of carbonyl (C=O) groups is 1. The summed E-state index contributed by atoms with van der Waals surface area (Å²) in [4.78, 5) is 20.2. The van der Waals surface area contributed by atoms with Gasteiger partial charge < -0.3 is 15.4 Å². The summed E-state index contributed by atoms with van der Waals surface area (Å²) in [5, 5.41) is 6.64. The lowest BCUT2D eigenvalue weighted by atomic mass is 9.93. The van der Waals surface area contributed by atoms with Gasteiger partial charge >= 0.3 is 0 Å². The fourth-order valence-corrected chi connectivity index (χ4v) is 3.22. The Bertz CT molecular complexity index is 481. The molecule has 2 unspecified atom stereocenters. The molecule has 19 heavy (non-hydrogen) atoms. The van der Waals surface area contributed by atoms with Crippen molar-refractivity contribution >= 4 is 5.91 Å². The predicted octanol–water partition coefficient (Wildman–Crippen LogP) is 0.500. The van der Waals surface area contributed by atoms with Crippen molar-refractivity contribution in [3.05, 3.63) is 18.1 Å². The Morgan fingerprint density at radius 3 is 3.26 bits per heavy atom. The summed E-state index contributed by atoms with van der Waals surface area (Å²) in [5.41, 5.74) is 0.272. The third-order valence-electron chi connectivity index (χ3n) is 4.19. The number of aromatic nitrogens is 2. The first-order valence-electron chi connectivity index (χ1n) is 6.65. The van der Waals surface area contributed by atoms with Gasteiger partial charge in [-0.25, -0.2) is 9.97 Å². The van der Waals surface area contributed by atoms with Crippen molar-refractivity contribution in [2.75, 3.05) is 13.7 Å². The molecule has 6 heteroatoms. The van der Waals surface area contributed by atoms with E-state index in [1.165, 1.54) is 13.4 Å². The van der Waals surface area contributed by atoms with E-state index >= 15 is 0 Å². The average Bonchev–Trinajstić information content (AvgIpc) is 2.98. The van der Waals surface area contributed by atoms with Crippen LogP contribution in [-0.4, -0.2) is 41.1 Å². The highest BCUT2D eigenvalue weighted by atomic mass is 16.5. The van der Waals surface area contributed by atoms with Gasteiger partial charge in [-0.05, 0) is 32.2 Å². The first-order valence-corrected chi connectivity index (χ1v) is 6.65. The van der Waals surface area contributed by atoms with Crippen LogP contribution in [0, 0.1) is 0 Å². The number of nitrogens with one attached hydrogen (secondary N) is 2. The largest absolute Gasteiger partial charge is 0.481 e. The van der Waals surface area contributed by atoms with Gasteiger partial charge in [-0.1, -0.05) is 0 Å². The van der Waals surface area contributed by atoms with Crippen molar-refractivity contribution in [3.8, 4) is 5.88 Å². The molecule has 2 atom stereocenters. The number of ether oxygens (including phenoxy) is 1. The second-order valence-corrected chi connectivity index (χ2v) is 5.20. The number of fused-ring (bicyclic) bond motifs is 1. The first-order chi connectivity index (χ1) is 9.23. The molecule has 2 fully saturated rings. The first kappa shape index (κ1) is 12.3. The van der Waals surface area contributed by atoms with Gasteiger partial charge in [0.2, 0.25) is 5.88 Å². The van der Waals surface area contributed by atoms with Crippen molar-refractivity contribution in [2.24, 2.45) is 0 Å². The van der Waals surface area contributed by atoms with E-state index in [0.29, 0.717) is 17.6 Å². The lowest BCUT2D eigenvalue weighted by Crippen LogP contribution is -2.52. The Morgan fingerprint density at radius 2 is 2.42 bits per heavy atom. The van der Waals surface area contributed by atoms with Crippen molar-refractivity contribution in [1.29, 1.82) is 0 Å². The smallest absolute Gasteiger partial charge is 0.270 e. The zero-order chi connectivity index (χ0) is 13.3. The highest BCUT2D eigenvalue weighted by molar-refractivity contribution is 5.93. The van der Waals surface area contributed by atoms with Crippen LogP contribution in [0.5, 0.6) is 5.88 Å². The predicted molar refractivity (Wildman–Crippen MR) is 69.0 cm³/mol. The molecule has 0 aromatic carbocycles. The Kier molecular flexibility index (Phi) is 3.10. The van der Waals surface area contributed by atoms with E-state index in [9.17, 15) is 4.79 Å². The van der Waals surface area contributed by atoms with Crippen LogP contribution in [0.2, 0.25) is 0 Å². The van der Waals surface area contributed by atoms with Gasteiger partial charge in [-0.2, -0.15) is 0 Å². The van der Waals surface area contributed by atoms with Gasteiger partial charge in [0.1, 0.15) is 12.0 Å². The standard InChI is InChI=1S/C13H18N4O2/c1-19-11-7-9(15-8-16-11)12(18)17-13-4-2-3-10(13)14-6-5-13/h7-8,10,14H,2-6H2,1H3,(H,17,18). The van der Waals surface area contributed by atoms with Gasteiger partial charge in [0, 0.05) is 12.1 Å². The van der Waals surface area contributed by atoms with Crippen LogP contribution in [0.1, 0.15) is 36.2 Å². The summed E-state index contributed by atoms with van der Waals surface area (Å²) in [6.07, 6.45) is 5.67. The fraction of sp³-hybridized carbons (Fsp3) is 0.615. The molecule has 1 aliphatic heterocycles. The summed E-state index contributed by atoms with van der Waals surface area (Å²) in [7, 11) is 1.52.